The van der Waals surface area contributed by atoms with Gasteiger partial charge in [0.2, 0.25) is 0 Å². The zero-order chi connectivity index (χ0) is 14.9. The third-order valence-corrected chi connectivity index (χ3v) is 5.36. The van der Waals surface area contributed by atoms with Gasteiger partial charge in [0.25, 0.3) is 0 Å². The van der Waals surface area contributed by atoms with Crippen molar-refractivity contribution < 1.29 is 4.74 Å². The minimum atomic E-state index is 0.297. The molecular formula is C18H29NOS. The van der Waals surface area contributed by atoms with Gasteiger partial charge in [0, 0.05) is 16.7 Å². The summed E-state index contributed by atoms with van der Waals surface area (Å²) in [7, 11) is 2.07. The van der Waals surface area contributed by atoms with Gasteiger partial charge in [-0.3, -0.25) is 0 Å². The molecular weight excluding hydrogens is 278 g/mol. The van der Waals surface area contributed by atoms with Crippen molar-refractivity contribution in [1.82, 2.24) is 5.32 Å². The summed E-state index contributed by atoms with van der Waals surface area (Å²) in [6.07, 6.45) is 9.66. The number of ether oxygens (including phenoxy) is 1. The summed E-state index contributed by atoms with van der Waals surface area (Å²) in [5.74, 6) is 2.11. The van der Waals surface area contributed by atoms with E-state index >= 15 is 0 Å². The Morgan fingerprint density at radius 1 is 1.19 bits per heavy atom. The number of unbranched alkanes of at least 4 members (excludes halogenated alkanes) is 5. The zero-order valence-corrected chi connectivity index (χ0v) is 14.3. The molecule has 1 aliphatic heterocycles. The SMILES string of the molecule is CCCCCCCCC(NC)C1CSc2ccccc2O1. The highest BCUT2D eigenvalue weighted by atomic mass is 32.2. The van der Waals surface area contributed by atoms with Gasteiger partial charge in [-0.25, -0.2) is 0 Å². The minimum Gasteiger partial charge on any atom is -0.487 e. The molecule has 0 fully saturated rings. The Hall–Kier alpha value is -0.670. The van der Waals surface area contributed by atoms with Crippen molar-refractivity contribution in [3.63, 3.8) is 0 Å². The molecule has 1 aliphatic rings. The number of fused-ring (bicyclic) bond motifs is 1. The van der Waals surface area contributed by atoms with Gasteiger partial charge in [-0.2, -0.15) is 0 Å². The van der Waals surface area contributed by atoms with E-state index in [1.807, 2.05) is 11.8 Å². The van der Waals surface area contributed by atoms with Crippen molar-refractivity contribution in [2.24, 2.45) is 0 Å². The maximum atomic E-state index is 6.20. The summed E-state index contributed by atoms with van der Waals surface area (Å²) >= 11 is 1.93. The number of benzene rings is 1. The van der Waals surface area contributed by atoms with E-state index in [-0.39, 0.29) is 0 Å². The highest BCUT2D eigenvalue weighted by Crippen LogP contribution is 2.36. The fourth-order valence-electron chi connectivity index (χ4n) is 2.89. The average Bonchev–Trinajstić information content (AvgIpc) is 2.54. The van der Waals surface area contributed by atoms with E-state index in [0.717, 1.165) is 11.5 Å². The molecule has 0 aromatic heterocycles. The van der Waals surface area contributed by atoms with Crippen molar-refractivity contribution in [3.05, 3.63) is 24.3 Å². The van der Waals surface area contributed by atoms with Gasteiger partial charge >= 0.3 is 0 Å². The van der Waals surface area contributed by atoms with Crippen molar-refractivity contribution in [1.29, 1.82) is 0 Å². The molecule has 1 heterocycles. The van der Waals surface area contributed by atoms with Crippen molar-refractivity contribution in [2.45, 2.75) is 68.9 Å². The molecule has 0 radical (unpaired) electrons. The lowest BCUT2D eigenvalue weighted by Crippen LogP contribution is -2.44. The van der Waals surface area contributed by atoms with Crippen LogP contribution in [-0.2, 0) is 0 Å². The Balaban J connectivity index is 1.74. The molecule has 1 N–H and O–H groups in total. The van der Waals surface area contributed by atoms with Crippen LogP contribution < -0.4 is 10.1 Å². The van der Waals surface area contributed by atoms with Gasteiger partial charge < -0.3 is 10.1 Å². The highest BCUT2D eigenvalue weighted by molar-refractivity contribution is 7.99. The Labute approximate surface area is 134 Å². The Bertz CT molecular complexity index is 410. The van der Waals surface area contributed by atoms with Crippen molar-refractivity contribution in [3.8, 4) is 5.75 Å². The summed E-state index contributed by atoms with van der Waals surface area (Å²) in [5, 5.41) is 3.47. The maximum absolute atomic E-state index is 6.20. The molecule has 2 nitrogen and oxygen atoms in total. The van der Waals surface area contributed by atoms with Gasteiger partial charge in [0.05, 0.1) is 0 Å². The Kier molecular flexibility index (Phi) is 7.45. The van der Waals surface area contributed by atoms with Crippen LogP contribution in [-0.4, -0.2) is 24.9 Å². The number of para-hydroxylation sites is 1. The van der Waals surface area contributed by atoms with Crippen LogP contribution in [0, 0.1) is 0 Å². The van der Waals surface area contributed by atoms with E-state index in [1.54, 1.807) is 0 Å². The number of hydrogen-bond acceptors (Lipinski definition) is 3. The van der Waals surface area contributed by atoms with E-state index in [9.17, 15) is 0 Å². The van der Waals surface area contributed by atoms with Gasteiger partial charge in [-0.15, -0.1) is 11.8 Å². The van der Waals surface area contributed by atoms with Crippen LogP contribution in [0.1, 0.15) is 51.9 Å². The lowest BCUT2D eigenvalue weighted by molar-refractivity contribution is 0.163. The molecule has 118 valence electrons. The molecule has 0 saturated carbocycles. The van der Waals surface area contributed by atoms with Crippen LogP contribution in [0.5, 0.6) is 5.75 Å². The van der Waals surface area contributed by atoms with Gasteiger partial charge in [0.1, 0.15) is 11.9 Å². The molecule has 0 saturated heterocycles. The largest absolute Gasteiger partial charge is 0.487 e. The van der Waals surface area contributed by atoms with Crippen LogP contribution in [0.2, 0.25) is 0 Å². The predicted octanol–water partition coefficient (Wildman–Crippen LogP) is 4.88. The first kappa shape index (κ1) is 16.7. The smallest absolute Gasteiger partial charge is 0.133 e. The Morgan fingerprint density at radius 2 is 1.95 bits per heavy atom. The molecule has 1 aromatic carbocycles. The van der Waals surface area contributed by atoms with Crippen LogP contribution in [0.25, 0.3) is 0 Å². The summed E-state index contributed by atoms with van der Waals surface area (Å²) in [5.41, 5.74) is 0. The zero-order valence-electron chi connectivity index (χ0n) is 13.4. The molecule has 0 aliphatic carbocycles. The lowest BCUT2D eigenvalue weighted by atomic mass is 10.0. The summed E-state index contributed by atoms with van der Waals surface area (Å²) in [6.45, 7) is 2.27. The van der Waals surface area contributed by atoms with Gasteiger partial charge in [-0.1, -0.05) is 57.6 Å². The fraction of sp³-hybridized carbons (Fsp3) is 0.667. The lowest BCUT2D eigenvalue weighted by Gasteiger charge is -2.31. The van der Waals surface area contributed by atoms with Crippen molar-refractivity contribution >= 4 is 11.8 Å². The van der Waals surface area contributed by atoms with Crippen LogP contribution >= 0.6 is 11.8 Å². The monoisotopic (exact) mass is 307 g/mol. The van der Waals surface area contributed by atoms with Crippen LogP contribution in [0.4, 0.5) is 0 Å². The first-order valence-corrected chi connectivity index (χ1v) is 9.39. The predicted molar refractivity (Wildman–Crippen MR) is 92.4 cm³/mol. The number of nitrogens with one attached hydrogen (secondary N) is 1. The quantitative estimate of drug-likeness (QED) is 0.657. The first-order valence-electron chi connectivity index (χ1n) is 8.41. The summed E-state index contributed by atoms with van der Waals surface area (Å²) < 4.78 is 6.20. The molecule has 2 atom stereocenters. The molecule has 0 amide bonds. The third kappa shape index (κ3) is 5.23. The normalized spacial score (nSPS) is 18.9. The minimum absolute atomic E-state index is 0.297. The maximum Gasteiger partial charge on any atom is 0.133 e. The second-order valence-corrected chi connectivity index (χ2v) is 6.93. The van der Waals surface area contributed by atoms with Crippen LogP contribution in [0.3, 0.4) is 0 Å². The van der Waals surface area contributed by atoms with E-state index < -0.39 is 0 Å². The van der Waals surface area contributed by atoms with Crippen LogP contribution in [0.15, 0.2) is 29.2 Å². The molecule has 2 rings (SSSR count). The summed E-state index contributed by atoms with van der Waals surface area (Å²) in [4.78, 5) is 1.28. The molecule has 1 aromatic rings. The van der Waals surface area contributed by atoms with E-state index in [1.165, 1.54) is 49.8 Å². The third-order valence-electron chi connectivity index (χ3n) is 4.22. The number of hydrogen-bond donors (Lipinski definition) is 1. The molecule has 2 unspecified atom stereocenters. The Morgan fingerprint density at radius 3 is 2.76 bits per heavy atom. The van der Waals surface area contributed by atoms with Gasteiger partial charge in [0.15, 0.2) is 0 Å². The fourth-order valence-corrected chi connectivity index (χ4v) is 3.97. The molecule has 3 heteroatoms. The van der Waals surface area contributed by atoms with Gasteiger partial charge in [-0.05, 0) is 25.6 Å². The van der Waals surface area contributed by atoms with E-state index in [2.05, 4.69) is 43.6 Å². The second-order valence-electron chi connectivity index (χ2n) is 5.87. The molecule has 21 heavy (non-hydrogen) atoms. The second kappa shape index (κ2) is 9.37. The first-order chi connectivity index (χ1) is 10.3. The number of thioether (sulfide) groups is 1. The number of rotatable bonds is 9. The topological polar surface area (TPSA) is 21.3 Å². The number of likely N-dealkylation sites (N-methyl/N-ethyl adjacent to an activating group) is 1. The average molecular weight is 308 g/mol. The van der Waals surface area contributed by atoms with Crippen molar-refractivity contribution in [2.75, 3.05) is 12.8 Å². The molecule has 0 spiro atoms. The van der Waals surface area contributed by atoms with E-state index in [0.29, 0.717) is 12.1 Å². The molecule has 0 bridgehead atoms. The highest BCUT2D eigenvalue weighted by Gasteiger charge is 2.26. The van der Waals surface area contributed by atoms with E-state index in [4.69, 9.17) is 4.74 Å². The summed E-state index contributed by atoms with van der Waals surface area (Å²) in [6, 6.07) is 8.85. The standard InChI is InChI=1S/C18H29NOS/c1-3-4-5-6-7-8-11-15(19-2)17-14-21-18-13-10-9-12-16(18)20-17/h9-10,12-13,15,17,19H,3-8,11,14H2,1-2H3.